The van der Waals surface area contributed by atoms with E-state index in [9.17, 15) is 4.39 Å². The zero-order valence-corrected chi connectivity index (χ0v) is 14.4. The summed E-state index contributed by atoms with van der Waals surface area (Å²) in [5.41, 5.74) is 0.987. The minimum Gasteiger partial charge on any atom is -0.310 e. The van der Waals surface area contributed by atoms with Crippen molar-refractivity contribution in [3.05, 3.63) is 34.1 Å². The Balaban J connectivity index is 1.77. The van der Waals surface area contributed by atoms with Gasteiger partial charge in [0.05, 0.1) is 0 Å². The zero-order chi connectivity index (χ0) is 15.0. The molecule has 4 heteroatoms. The van der Waals surface area contributed by atoms with Crippen molar-refractivity contribution in [2.24, 2.45) is 5.92 Å². The number of nitrogens with zero attached hydrogens (tertiary/aromatic N) is 1. The maximum atomic E-state index is 14.1. The van der Waals surface area contributed by atoms with Gasteiger partial charge in [-0.15, -0.1) is 0 Å². The summed E-state index contributed by atoms with van der Waals surface area (Å²) in [5.74, 6) is 0.682. The third-order valence-corrected chi connectivity index (χ3v) is 5.61. The molecule has 0 radical (unpaired) electrons. The molecule has 1 N–H and O–H groups in total. The van der Waals surface area contributed by atoms with Gasteiger partial charge in [0.2, 0.25) is 0 Å². The van der Waals surface area contributed by atoms with E-state index in [0.29, 0.717) is 12.6 Å². The average molecular weight is 355 g/mol. The van der Waals surface area contributed by atoms with Gasteiger partial charge in [0.25, 0.3) is 0 Å². The van der Waals surface area contributed by atoms with Crippen molar-refractivity contribution in [2.45, 2.75) is 51.2 Å². The monoisotopic (exact) mass is 354 g/mol. The lowest BCUT2D eigenvalue weighted by molar-refractivity contribution is 0.153. The van der Waals surface area contributed by atoms with Gasteiger partial charge in [-0.05, 0) is 57.7 Å². The Morgan fingerprint density at radius 3 is 2.81 bits per heavy atom. The first-order valence-electron chi connectivity index (χ1n) is 7.91. The molecular formula is C17H24BrFN2. The van der Waals surface area contributed by atoms with Crippen molar-refractivity contribution in [1.82, 2.24) is 10.2 Å². The van der Waals surface area contributed by atoms with E-state index in [-0.39, 0.29) is 11.4 Å². The molecule has 0 amide bonds. The minimum atomic E-state index is -0.109. The molecule has 2 nitrogen and oxygen atoms in total. The molecule has 1 heterocycles. The van der Waals surface area contributed by atoms with Crippen LogP contribution >= 0.6 is 15.9 Å². The van der Waals surface area contributed by atoms with Crippen molar-refractivity contribution >= 4 is 15.9 Å². The normalized spacial score (nSPS) is 31.1. The smallest absolute Gasteiger partial charge is 0.128 e. The Kier molecular flexibility index (Phi) is 4.40. The van der Waals surface area contributed by atoms with Gasteiger partial charge in [0.15, 0.2) is 0 Å². The fourth-order valence-electron chi connectivity index (χ4n) is 3.46. The van der Waals surface area contributed by atoms with Gasteiger partial charge < -0.3 is 5.32 Å². The van der Waals surface area contributed by atoms with Crippen LogP contribution in [0, 0.1) is 11.7 Å². The highest BCUT2D eigenvalue weighted by molar-refractivity contribution is 9.10. The van der Waals surface area contributed by atoms with Crippen LogP contribution in [0.2, 0.25) is 0 Å². The maximum Gasteiger partial charge on any atom is 0.128 e. The number of nitrogens with one attached hydrogen (secondary N) is 1. The standard InChI is InChI=1S/C17H24BrFN2/c1-12-7-8-20-17(2,14-4-5-14)11-21(12)10-13-3-6-15(18)9-16(13)19/h3,6,9,12,14,20H,4-5,7-8,10-11H2,1-2H3. The molecule has 0 bridgehead atoms. The molecule has 2 atom stereocenters. The van der Waals surface area contributed by atoms with Crippen LogP contribution in [0.4, 0.5) is 4.39 Å². The molecule has 1 aromatic carbocycles. The van der Waals surface area contributed by atoms with Crippen molar-refractivity contribution in [3.63, 3.8) is 0 Å². The molecule has 1 aliphatic heterocycles. The lowest BCUT2D eigenvalue weighted by Crippen LogP contribution is -2.51. The highest BCUT2D eigenvalue weighted by Crippen LogP contribution is 2.41. The maximum absolute atomic E-state index is 14.1. The number of rotatable bonds is 3. The molecule has 1 saturated carbocycles. The first-order valence-corrected chi connectivity index (χ1v) is 8.70. The molecule has 2 fully saturated rings. The molecular weight excluding hydrogens is 331 g/mol. The summed E-state index contributed by atoms with van der Waals surface area (Å²) in [6.45, 7) is 7.37. The third-order valence-electron chi connectivity index (χ3n) is 5.11. The number of hydrogen-bond acceptors (Lipinski definition) is 2. The van der Waals surface area contributed by atoms with E-state index in [1.807, 2.05) is 12.1 Å². The van der Waals surface area contributed by atoms with Crippen LogP contribution in [0.1, 0.15) is 38.7 Å². The largest absolute Gasteiger partial charge is 0.310 e. The SMILES string of the molecule is CC1CCNC(C)(C2CC2)CN1Cc1ccc(Br)cc1F. The van der Waals surface area contributed by atoms with Crippen LogP contribution in [-0.4, -0.2) is 29.6 Å². The second-order valence-electron chi connectivity index (χ2n) is 6.90. The summed E-state index contributed by atoms with van der Waals surface area (Å²) in [6.07, 6.45) is 3.79. The Bertz CT molecular complexity index is 518. The molecule has 1 saturated heterocycles. The quantitative estimate of drug-likeness (QED) is 0.884. The molecule has 116 valence electrons. The average Bonchev–Trinajstić information content (AvgIpc) is 3.24. The van der Waals surface area contributed by atoms with Gasteiger partial charge in [-0.3, -0.25) is 4.90 Å². The predicted octanol–water partition coefficient (Wildman–Crippen LogP) is 3.94. The van der Waals surface area contributed by atoms with Gasteiger partial charge in [-0.2, -0.15) is 0 Å². The Hall–Kier alpha value is -0.450. The fraction of sp³-hybridized carbons (Fsp3) is 0.647. The summed E-state index contributed by atoms with van der Waals surface area (Å²) >= 11 is 3.33. The Morgan fingerprint density at radius 1 is 1.38 bits per heavy atom. The van der Waals surface area contributed by atoms with E-state index in [1.165, 1.54) is 12.8 Å². The summed E-state index contributed by atoms with van der Waals surface area (Å²) < 4.78 is 14.9. The van der Waals surface area contributed by atoms with Gasteiger partial charge in [0, 0.05) is 34.7 Å². The lowest BCUT2D eigenvalue weighted by Gasteiger charge is -2.36. The summed E-state index contributed by atoms with van der Waals surface area (Å²) in [5, 5.41) is 3.75. The molecule has 0 aromatic heterocycles. The topological polar surface area (TPSA) is 15.3 Å². The molecule has 1 aliphatic carbocycles. The van der Waals surface area contributed by atoms with Crippen LogP contribution in [-0.2, 0) is 6.54 Å². The summed E-state index contributed by atoms with van der Waals surface area (Å²) in [4.78, 5) is 2.45. The van der Waals surface area contributed by atoms with Crippen LogP contribution < -0.4 is 5.32 Å². The number of hydrogen-bond donors (Lipinski definition) is 1. The van der Waals surface area contributed by atoms with Crippen LogP contribution in [0.5, 0.6) is 0 Å². The van der Waals surface area contributed by atoms with Gasteiger partial charge >= 0.3 is 0 Å². The lowest BCUT2D eigenvalue weighted by atomic mass is 9.95. The number of benzene rings is 1. The highest BCUT2D eigenvalue weighted by atomic mass is 79.9. The van der Waals surface area contributed by atoms with Crippen molar-refractivity contribution in [1.29, 1.82) is 0 Å². The zero-order valence-electron chi connectivity index (χ0n) is 12.8. The highest BCUT2D eigenvalue weighted by Gasteiger charge is 2.43. The summed E-state index contributed by atoms with van der Waals surface area (Å²) in [7, 11) is 0. The number of halogens is 2. The second kappa shape index (κ2) is 5.98. The van der Waals surface area contributed by atoms with Gasteiger partial charge in [-0.25, -0.2) is 4.39 Å². The van der Waals surface area contributed by atoms with Crippen molar-refractivity contribution < 1.29 is 4.39 Å². The van der Waals surface area contributed by atoms with E-state index in [4.69, 9.17) is 0 Å². The molecule has 21 heavy (non-hydrogen) atoms. The van der Waals surface area contributed by atoms with E-state index in [2.05, 4.69) is 40.0 Å². The molecule has 2 aliphatic rings. The third kappa shape index (κ3) is 3.49. The molecule has 1 aromatic rings. The molecule has 3 rings (SSSR count). The predicted molar refractivity (Wildman–Crippen MR) is 87.7 cm³/mol. The van der Waals surface area contributed by atoms with Crippen LogP contribution in [0.3, 0.4) is 0 Å². The van der Waals surface area contributed by atoms with Crippen molar-refractivity contribution in [2.75, 3.05) is 13.1 Å². The van der Waals surface area contributed by atoms with Gasteiger partial charge in [0.1, 0.15) is 5.82 Å². The Morgan fingerprint density at radius 2 is 2.14 bits per heavy atom. The van der Waals surface area contributed by atoms with Crippen LogP contribution in [0.15, 0.2) is 22.7 Å². The second-order valence-corrected chi connectivity index (χ2v) is 7.81. The van der Waals surface area contributed by atoms with E-state index >= 15 is 0 Å². The summed E-state index contributed by atoms with van der Waals surface area (Å²) in [6, 6.07) is 5.88. The Labute approximate surface area is 135 Å². The first-order chi connectivity index (χ1) is 9.98. The minimum absolute atomic E-state index is 0.109. The van der Waals surface area contributed by atoms with Gasteiger partial charge in [-0.1, -0.05) is 22.0 Å². The molecule has 2 unspecified atom stereocenters. The van der Waals surface area contributed by atoms with Crippen molar-refractivity contribution in [3.8, 4) is 0 Å². The van der Waals surface area contributed by atoms with E-state index < -0.39 is 0 Å². The van der Waals surface area contributed by atoms with Crippen LogP contribution in [0.25, 0.3) is 0 Å². The first kappa shape index (κ1) is 15.4. The van der Waals surface area contributed by atoms with E-state index in [0.717, 1.165) is 35.5 Å². The fourth-order valence-corrected chi connectivity index (χ4v) is 3.79. The molecule has 0 spiro atoms. The van der Waals surface area contributed by atoms with E-state index in [1.54, 1.807) is 6.07 Å².